The molecule has 0 aliphatic rings. The Kier molecular flexibility index (Phi) is 7.53. The Morgan fingerprint density at radius 1 is 1.00 bits per heavy atom. The lowest BCUT2D eigenvalue weighted by Gasteiger charge is -2.23. The lowest BCUT2D eigenvalue weighted by Crippen LogP contribution is -2.29. The van der Waals surface area contributed by atoms with Crippen LogP contribution in [0.5, 0.6) is 5.75 Å². The van der Waals surface area contributed by atoms with Crippen LogP contribution in [0.15, 0.2) is 78.9 Å². The van der Waals surface area contributed by atoms with Crippen LogP contribution in [-0.2, 0) is 16.6 Å². The molecule has 6 nitrogen and oxygen atoms in total. The quantitative estimate of drug-likeness (QED) is 0.528. The molecule has 0 radical (unpaired) electrons. The van der Waals surface area contributed by atoms with Crippen LogP contribution in [0.2, 0.25) is 0 Å². The Morgan fingerprint density at radius 2 is 1.69 bits per heavy atom. The molecule has 3 aromatic rings. The van der Waals surface area contributed by atoms with E-state index in [4.69, 9.17) is 4.74 Å². The first-order valence-electron chi connectivity index (χ1n) is 10.3. The normalized spacial score (nSPS) is 12.1. The Labute approximate surface area is 189 Å². The zero-order valence-electron chi connectivity index (χ0n) is 18.5. The van der Waals surface area contributed by atoms with Crippen LogP contribution in [0.3, 0.4) is 0 Å². The SMILES string of the molecule is COc1cccc(N(Cc2ccc(C(=O)NC[C@H](C)c3ccccc3)cc2)S(C)(=O)=O)c1. The third kappa shape index (κ3) is 6.11. The molecular formula is C25H28N2O4S. The summed E-state index contributed by atoms with van der Waals surface area (Å²) in [4.78, 5) is 12.5. The van der Waals surface area contributed by atoms with Crippen LogP contribution in [0, 0.1) is 0 Å². The third-order valence-electron chi connectivity index (χ3n) is 5.22. The fourth-order valence-corrected chi connectivity index (χ4v) is 4.22. The molecule has 0 saturated carbocycles. The standard InChI is InChI=1S/C25H28N2O4S/c1-19(21-8-5-4-6-9-21)17-26-25(28)22-14-12-20(13-15-22)18-27(32(3,29)30)23-10-7-11-24(16-23)31-2/h4-16,19H,17-18H2,1-3H3,(H,26,28)/t19-/m0/s1. The van der Waals surface area contributed by atoms with Gasteiger partial charge in [0.2, 0.25) is 10.0 Å². The smallest absolute Gasteiger partial charge is 0.251 e. The Hall–Kier alpha value is -3.32. The van der Waals surface area contributed by atoms with Crippen LogP contribution in [0.4, 0.5) is 5.69 Å². The van der Waals surface area contributed by atoms with Gasteiger partial charge in [-0.05, 0) is 41.3 Å². The van der Waals surface area contributed by atoms with E-state index in [9.17, 15) is 13.2 Å². The molecule has 3 rings (SSSR count). The first-order valence-corrected chi connectivity index (χ1v) is 12.2. The number of rotatable bonds is 9. The monoisotopic (exact) mass is 452 g/mol. The number of hydrogen-bond donors (Lipinski definition) is 1. The summed E-state index contributed by atoms with van der Waals surface area (Å²) in [6, 6.07) is 23.9. The van der Waals surface area contributed by atoms with Crippen LogP contribution < -0.4 is 14.4 Å². The van der Waals surface area contributed by atoms with E-state index in [1.165, 1.54) is 23.2 Å². The molecule has 0 saturated heterocycles. The van der Waals surface area contributed by atoms with Crippen molar-refractivity contribution in [3.63, 3.8) is 0 Å². The minimum absolute atomic E-state index is 0.152. The molecule has 0 fully saturated rings. The highest BCUT2D eigenvalue weighted by Gasteiger charge is 2.19. The van der Waals surface area contributed by atoms with Crippen molar-refractivity contribution in [2.45, 2.75) is 19.4 Å². The molecule has 0 heterocycles. The van der Waals surface area contributed by atoms with Gasteiger partial charge in [-0.25, -0.2) is 8.42 Å². The molecule has 1 atom stereocenters. The molecule has 168 valence electrons. The minimum Gasteiger partial charge on any atom is -0.497 e. The number of methoxy groups -OCH3 is 1. The van der Waals surface area contributed by atoms with Gasteiger partial charge in [0.05, 0.1) is 25.6 Å². The van der Waals surface area contributed by atoms with Gasteiger partial charge in [0.1, 0.15) is 5.75 Å². The molecule has 0 unspecified atom stereocenters. The van der Waals surface area contributed by atoms with E-state index >= 15 is 0 Å². The Morgan fingerprint density at radius 3 is 2.31 bits per heavy atom. The number of benzene rings is 3. The van der Waals surface area contributed by atoms with Crippen molar-refractivity contribution in [1.29, 1.82) is 0 Å². The summed E-state index contributed by atoms with van der Waals surface area (Å²) < 4.78 is 31.3. The Bertz CT molecular complexity index is 1150. The molecule has 1 N–H and O–H groups in total. The number of anilines is 1. The predicted molar refractivity (Wildman–Crippen MR) is 128 cm³/mol. The number of nitrogens with one attached hydrogen (secondary N) is 1. The van der Waals surface area contributed by atoms with Crippen molar-refractivity contribution in [2.75, 3.05) is 24.2 Å². The summed E-state index contributed by atoms with van der Waals surface area (Å²) in [7, 11) is -1.98. The second-order valence-electron chi connectivity index (χ2n) is 7.69. The van der Waals surface area contributed by atoms with E-state index < -0.39 is 10.0 Å². The number of ether oxygens (including phenoxy) is 1. The van der Waals surface area contributed by atoms with Gasteiger partial charge in [-0.2, -0.15) is 0 Å². The van der Waals surface area contributed by atoms with Crippen LogP contribution in [0.25, 0.3) is 0 Å². The Balaban J connectivity index is 1.67. The second kappa shape index (κ2) is 10.3. The summed E-state index contributed by atoms with van der Waals surface area (Å²) >= 11 is 0. The van der Waals surface area contributed by atoms with Crippen molar-refractivity contribution in [3.05, 3.63) is 95.6 Å². The van der Waals surface area contributed by atoms with Crippen molar-refractivity contribution < 1.29 is 17.9 Å². The fourth-order valence-electron chi connectivity index (χ4n) is 3.34. The summed E-state index contributed by atoms with van der Waals surface area (Å²) in [6.07, 6.45) is 1.17. The van der Waals surface area contributed by atoms with Gasteiger partial charge < -0.3 is 10.1 Å². The van der Waals surface area contributed by atoms with Crippen LogP contribution in [-0.4, -0.2) is 34.2 Å². The summed E-state index contributed by atoms with van der Waals surface area (Å²) in [6.45, 7) is 2.75. The average Bonchev–Trinajstić information content (AvgIpc) is 2.81. The van der Waals surface area contributed by atoms with Gasteiger partial charge in [-0.15, -0.1) is 0 Å². The summed E-state index contributed by atoms with van der Waals surface area (Å²) in [5.41, 5.74) is 2.99. The number of sulfonamides is 1. The first kappa shape index (κ1) is 23.3. The largest absolute Gasteiger partial charge is 0.497 e. The highest BCUT2D eigenvalue weighted by Crippen LogP contribution is 2.25. The van der Waals surface area contributed by atoms with Crippen molar-refractivity contribution in [3.8, 4) is 5.75 Å². The number of carbonyl (C=O) groups is 1. The fraction of sp³-hybridized carbons (Fsp3) is 0.240. The van der Waals surface area contributed by atoms with Crippen LogP contribution >= 0.6 is 0 Å². The van der Waals surface area contributed by atoms with Crippen molar-refractivity contribution >= 4 is 21.6 Å². The van der Waals surface area contributed by atoms with Gasteiger partial charge >= 0.3 is 0 Å². The van der Waals surface area contributed by atoms with E-state index in [2.05, 4.69) is 12.2 Å². The zero-order valence-corrected chi connectivity index (χ0v) is 19.3. The predicted octanol–water partition coefficient (Wildman–Crippen LogP) is 4.19. The average molecular weight is 453 g/mol. The molecule has 3 aromatic carbocycles. The maximum atomic E-state index is 12.5. The molecule has 0 spiro atoms. The van der Waals surface area contributed by atoms with E-state index in [0.29, 0.717) is 23.5 Å². The van der Waals surface area contributed by atoms with Crippen LogP contribution in [0.1, 0.15) is 34.3 Å². The van der Waals surface area contributed by atoms with Crippen molar-refractivity contribution in [2.24, 2.45) is 0 Å². The molecule has 0 aliphatic heterocycles. The molecule has 0 bridgehead atoms. The molecule has 1 amide bonds. The van der Waals surface area contributed by atoms with E-state index in [0.717, 1.165) is 5.56 Å². The third-order valence-corrected chi connectivity index (χ3v) is 6.36. The zero-order chi connectivity index (χ0) is 23.1. The number of nitrogens with zero attached hydrogens (tertiary/aromatic N) is 1. The van der Waals surface area contributed by atoms with E-state index in [1.54, 1.807) is 48.5 Å². The summed E-state index contributed by atoms with van der Waals surface area (Å²) in [5, 5.41) is 2.96. The molecular weight excluding hydrogens is 424 g/mol. The highest BCUT2D eigenvalue weighted by atomic mass is 32.2. The number of carbonyl (C=O) groups excluding carboxylic acids is 1. The topological polar surface area (TPSA) is 75.7 Å². The van der Waals surface area contributed by atoms with Gasteiger partial charge in [0, 0.05) is 18.2 Å². The number of hydrogen-bond acceptors (Lipinski definition) is 4. The van der Waals surface area contributed by atoms with Gasteiger partial charge in [0.25, 0.3) is 5.91 Å². The molecule has 0 aromatic heterocycles. The van der Waals surface area contributed by atoms with Gasteiger partial charge in [0.15, 0.2) is 0 Å². The minimum atomic E-state index is -3.51. The maximum absolute atomic E-state index is 12.5. The molecule has 32 heavy (non-hydrogen) atoms. The molecule has 7 heteroatoms. The van der Waals surface area contributed by atoms with E-state index in [-0.39, 0.29) is 18.4 Å². The maximum Gasteiger partial charge on any atom is 0.251 e. The second-order valence-corrected chi connectivity index (χ2v) is 9.60. The van der Waals surface area contributed by atoms with Gasteiger partial charge in [-0.1, -0.05) is 55.5 Å². The van der Waals surface area contributed by atoms with E-state index in [1.807, 2.05) is 30.3 Å². The first-order chi connectivity index (χ1) is 15.3. The number of amides is 1. The summed E-state index contributed by atoms with van der Waals surface area (Å²) in [5.74, 6) is 0.616. The lowest BCUT2D eigenvalue weighted by molar-refractivity contribution is 0.0951. The lowest BCUT2D eigenvalue weighted by atomic mass is 10.0. The van der Waals surface area contributed by atoms with Crippen molar-refractivity contribution in [1.82, 2.24) is 5.32 Å². The van der Waals surface area contributed by atoms with Gasteiger partial charge in [-0.3, -0.25) is 9.10 Å². The highest BCUT2D eigenvalue weighted by molar-refractivity contribution is 7.92. The molecule has 0 aliphatic carbocycles.